The summed E-state index contributed by atoms with van der Waals surface area (Å²) in [5, 5.41) is 24.2. The number of anilines is 2. The van der Waals surface area contributed by atoms with Crippen LogP contribution in [0.1, 0.15) is 119 Å². The topological polar surface area (TPSA) is 221 Å². The first-order chi connectivity index (χ1) is 28.4. The quantitative estimate of drug-likeness (QED) is 0.0716. The fourth-order valence-corrected chi connectivity index (χ4v) is 7.18. The van der Waals surface area contributed by atoms with Crippen molar-refractivity contribution in [3.63, 3.8) is 0 Å². The predicted molar refractivity (Wildman–Crippen MR) is 244 cm³/mol. The Labute approximate surface area is 389 Å². The van der Waals surface area contributed by atoms with Gasteiger partial charge in [0, 0.05) is 70.4 Å². The second-order valence-electron chi connectivity index (χ2n) is 18.6. The van der Waals surface area contributed by atoms with Crippen molar-refractivity contribution in [1.29, 1.82) is 0 Å². The van der Waals surface area contributed by atoms with Crippen LogP contribution < -0.4 is 55.8 Å². The van der Waals surface area contributed by atoms with Crippen molar-refractivity contribution >= 4 is 51.0 Å². The van der Waals surface area contributed by atoms with Crippen LogP contribution in [0.4, 0.5) is 11.4 Å². The molecule has 7 rings (SSSR count). The average Bonchev–Trinajstić information content (AvgIpc) is 3.40. The Morgan fingerprint density at radius 2 is 1.02 bits per heavy atom. The molecule has 0 aliphatic carbocycles. The van der Waals surface area contributed by atoms with Crippen LogP contribution in [0, 0.1) is 0 Å². The Bertz CT molecular complexity index is 2800. The van der Waals surface area contributed by atoms with E-state index in [2.05, 4.69) is 20.6 Å². The number of aliphatic hydroxyl groups is 1. The molecule has 63 heavy (non-hydrogen) atoms. The third-order valence-corrected chi connectivity index (χ3v) is 10.6. The summed E-state index contributed by atoms with van der Waals surface area (Å²) in [4.78, 5) is 69.8. The number of phenols is 1. The number of amides is 2. The van der Waals surface area contributed by atoms with E-state index >= 15 is 0 Å². The molecule has 7 N–H and O–H groups in total. The first-order valence-electron chi connectivity index (χ1n) is 20.0. The molecule has 6 aromatic rings. The van der Waals surface area contributed by atoms with E-state index in [1.807, 2.05) is 100 Å². The molecule has 0 fully saturated rings. The van der Waals surface area contributed by atoms with E-state index in [0.29, 0.717) is 38.9 Å². The number of aromatic nitrogens is 2. The van der Waals surface area contributed by atoms with Gasteiger partial charge in [0.2, 0.25) is 10.9 Å². The number of aliphatic hydroxyl groups excluding tert-OH is 1. The Morgan fingerprint density at radius 1 is 0.619 bits per heavy atom. The fraction of sp³-hybridized carbons (Fsp3) is 0.327. The number of aromatic amines is 2. The number of phenolic OH excluding ortho intramolecular Hbond substituents is 1. The molecule has 13 nitrogen and oxygen atoms in total. The minimum Gasteiger partial charge on any atom is -0.870 e. The van der Waals surface area contributed by atoms with Crippen LogP contribution in [-0.2, 0) is 26.5 Å². The molecule has 0 spiro atoms. The predicted octanol–water partition coefficient (Wildman–Crippen LogP) is 5.79. The molecule has 0 saturated heterocycles. The van der Waals surface area contributed by atoms with Gasteiger partial charge in [-0.3, -0.25) is 24.0 Å². The number of carbonyl (C=O) groups excluding carboxylic acids is 3. The van der Waals surface area contributed by atoms with Crippen molar-refractivity contribution in [2.45, 2.75) is 97.8 Å². The number of benzene rings is 4. The van der Waals surface area contributed by atoms with E-state index < -0.39 is 17.2 Å². The van der Waals surface area contributed by atoms with Crippen molar-refractivity contribution in [1.82, 2.24) is 9.97 Å². The fourth-order valence-electron chi connectivity index (χ4n) is 7.18. The SMILES string of the molecule is CC(C)(C)c1cc(C(C)(C)C)c(NC(=O)c2c[nH]c3ccccc3c2=O)cc1O.CC(C)(C)c1cc2c(cc1NC(=O)c1c[nH]c3ccccc3c1=O)OC(=O)C2(C)C.CO.[Na+].[OH-]. The number of aromatic hydroxyl groups is 1. The van der Waals surface area contributed by atoms with Crippen LogP contribution in [-0.4, -0.2) is 50.6 Å². The number of H-pyrrole nitrogens is 2. The monoisotopic (exact) mass is 868 g/mol. The molecule has 0 saturated carbocycles. The third kappa shape index (κ3) is 10.8. The zero-order valence-corrected chi connectivity index (χ0v) is 40.4. The van der Waals surface area contributed by atoms with Gasteiger partial charge in [-0.2, -0.15) is 0 Å². The molecule has 1 aliphatic rings. The number of hydrogen-bond donors (Lipinski definition) is 6. The molecule has 4 aromatic carbocycles. The molecule has 0 bridgehead atoms. The molecule has 2 amide bonds. The van der Waals surface area contributed by atoms with Gasteiger partial charge in [0.1, 0.15) is 22.6 Å². The molecule has 2 aromatic heterocycles. The van der Waals surface area contributed by atoms with Gasteiger partial charge in [-0.1, -0.05) is 86.6 Å². The van der Waals surface area contributed by atoms with Gasteiger partial charge >= 0.3 is 35.5 Å². The first kappa shape index (κ1) is 51.8. The zero-order valence-electron chi connectivity index (χ0n) is 38.4. The van der Waals surface area contributed by atoms with E-state index in [1.54, 1.807) is 48.5 Å². The molecule has 0 atom stereocenters. The van der Waals surface area contributed by atoms with E-state index in [1.165, 1.54) is 12.4 Å². The summed E-state index contributed by atoms with van der Waals surface area (Å²) in [6.45, 7) is 21.9. The summed E-state index contributed by atoms with van der Waals surface area (Å²) in [6, 6.07) is 21.2. The minimum atomic E-state index is -0.757. The number of fused-ring (bicyclic) bond motifs is 3. The molecular weight excluding hydrogens is 812 g/mol. The maximum atomic E-state index is 13.0. The molecule has 0 unspecified atom stereocenters. The molecule has 0 radical (unpaired) electrons. The Morgan fingerprint density at radius 3 is 1.44 bits per heavy atom. The van der Waals surface area contributed by atoms with E-state index in [4.69, 9.17) is 9.84 Å². The van der Waals surface area contributed by atoms with Crippen LogP contribution in [0.25, 0.3) is 21.8 Å². The summed E-state index contributed by atoms with van der Waals surface area (Å²) < 4.78 is 5.44. The number of para-hydroxylation sites is 2. The van der Waals surface area contributed by atoms with Crippen LogP contribution >= 0.6 is 0 Å². The summed E-state index contributed by atoms with van der Waals surface area (Å²) in [7, 11) is 1.00. The molecule has 14 heteroatoms. The molecule has 1 aliphatic heterocycles. The van der Waals surface area contributed by atoms with Crippen LogP contribution in [0.5, 0.6) is 11.5 Å². The number of esters is 1. The second-order valence-corrected chi connectivity index (χ2v) is 18.6. The second kappa shape index (κ2) is 19.4. The minimum absolute atomic E-state index is 0. The summed E-state index contributed by atoms with van der Waals surface area (Å²) in [5.41, 5.74) is 3.51. The van der Waals surface area contributed by atoms with E-state index in [-0.39, 0.29) is 85.0 Å². The van der Waals surface area contributed by atoms with Crippen LogP contribution in [0.15, 0.2) is 94.8 Å². The Hall–Kier alpha value is -5.57. The van der Waals surface area contributed by atoms with Gasteiger partial charge in [-0.05, 0) is 83.2 Å². The van der Waals surface area contributed by atoms with Crippen LogP contribution in [0.2, 0.25) is 0 Å². The van der Waals surface area contributed by atoms with Crippen molar-refractivity contribution in [3.05, 3.63) is 139 Å². The van der Waals surface area contributed by atoms with Crippen molar-refractivity contribution in [3.8, 4) is 11.5 Å². The number of carbonyl (C=O) groups is 3. The molecule has 328 valence electrons. The Kier molecular flexibility index (Phi) is 16.0. The number of hydrogen-bond acceptors (Lipinski definition) is 9. The van der Waals surface area contributed by atoms with Gasteiger partial charge in [-0.15, -0.1) is 0 Å². The van der Waals surface area contributed by atoms with Gasteiger partial charge in [0.05, 0.1) is 5.41 Å². The Balaban J connectivity index is 0.000000313. The molecule has 3 heterocycles. The van der Waals surface area contributed by atoms with Gasteiger partial charge < -0.3 is 41.0 Å². The summed E-state index contributed by atoms with van der Waals surface area (Å²) >= 11 is 0. The smallest absolute Gasteiger partial charge is 0.870 e. The van der Waals surface area contributed by atoms with E-state index in [9.17, 15) is 29.1 Å². The summed E-state index contributed by atoms with van der Waals surface area (Å²) in [5.74, 6) is -0.804. The standard InChI is InChI=1S/C24H24N2O4.C24H28N2O3.CH4O.Na.H2O/c1-23(2,3)15-10-16-19(30-22(29)24(16,4)5)11-18(15)26-21(28)14-12-25-17-9-7-6-8-13(17)20(14)27;1-23(2,3)16-11-17(24(4,5)6)20(27)12-19(16)26-22(29)15-13-25-18-10-8-7-9-14(18)21(15)28;1-2;;/h6-12H,1-5H3,(H,25,27)(H,26,28);7-13,27H,1-6H3,(H,25,28)(H,26,29);2H,1H3;;1H2/q;;;+1;/p-1. The van der Waals surface area contributed by atoms with Crippen molar-refractivity contribution in [2.24, 2.45) is 0 Å². The first-order valence-corrected chi connectivity index (χ1v) is 20.0. The molecular formula is C49H57N4NaO9. The number of ether oxygens (including phenoxy) is 1. The largest absolute Gasteiger partial charge is 1.00 e. The van der Waals surface area contributed by atoms with Crippen molar-refractivity contribution < 1.29 is 64.4 Å². The average molecular weight is 869 g/mol. The zero-order chi connectivity index (χ0) is 45.4. The number of rotatable bonds is 4. The van der Waals surface area contributed by atoms with E-state index in [0.717, 1.165) is 29.4 Å². The third-order valence-electron chi connectivity index (χ3n) is 10.6. The van der Waals surface area contributed by atoms with Crippen molar-refractivity contribution in [2.75, 3.05) is 17.7 Å². The maximum absolute atomic E-state index is 13.0. The number of nitrogens with one attached hydrogen (secondary N) is 4. The van der Waals surface area contributed by atoms with Crippen LogP contribution in [0.3, 0.4) is 0 Å². The van der Waals surface area contributed by atoms with Gasteiger partial charge in [-0.25, -0.2) is 0 Å². The number of pyridine rings is 2. The van der Waals surface area contributed by atoms with Gasteiger partial charge in [0.25, 0.3) is 11.8 Å². The maximum Gasteiger partial charge on any atom is 1.00 e. The summed E-state index contributed by atoms with van der Waals surface area (Å²) in [6.07, 6.45) is 2.85. The van der Waals surface area contributed by atoms with Gasteiger partial charge in [0.15, 0.2) is 0 Å². The normalized spacial score (nSPS) is 12.9.